The second kappa shape index (κ2) is 9.32. The summed E-state index contributed by atoms with van der Waals surface area (Å²) < 4.78 is 11.5. The van der Waals surface area contributed by atoms with E-state index in [0.717, 1.165) is 32.7 Å². The predicted octanol–water partition coefficient (Wildman–Crippen LogP) is 0.772. The molecule has 0 amide bonds. The number of ether oxygens (including phenoxy) is 2. The quantitative estimate of drug-likeness (QED) is 0.671. The molecule has 0 aliphatic carbocycles. The summed E-state index contributed by atoms with van der Waals surface area (Å²) in [6, 6.07) is 11.1. The van der Waals surface area contributed by atoms with Crippen molar-refractivity contribution < 1.29 is 19.7 Å². The number of quaternary nitrogens is 2. The number of nitrogens with two attached hydrogens (primary N) is 1. The number of hydrogen-bond acceptors (Lipinski definition) is 2. The van der Waals surface area contributed by atoms with Crippen LogP contribution in [-0.4, -0.2) is 58.1 Å². The Hall–Kier alpha value is -0.940. The summed E-state index contributed by atoms with van der Waals surface area (Å²) in [5.74, 6) is 0. The summed E-state index contributed by atoms with van der Waals surface area (Å²) in [5, 5.41) is 2.53. The van der Waals surface area contributed by atoms with Gasteiger partial charge in [-0.15, -0.1) is 0 Å². The second-order valence-corrected chi connectivity index (χ2v) is 8.76. The van der Waals surface area contributed by atoms with E-state index in [1.807, 2.05) is 0 Å². The molecule has 1 aromatic carbocycles. The zero-order valence-corrected chi connectivity index (χ0v) is 16.8. The lowest BCUT2D eigenvalue weighted by molar-refractivity contribution is -0.909. The van der Waals surface area contributed by atoms with Crippen molar-refractivity contribution >= 4 is 0 Å². The molecule has 4 heteroatoms. The van der Waals surface area contributed by atoms with Gasteiger partial charge in [0, 0.05) is 24.9 Å². The molecule has 3 rings (SSSR count). The summed E-state index contributed by atoms with van der Waals surface area (Å²) in [5.41, 5.74) is 1.76. The lowest BCUT2D eigenvalue weighted by atomic mass is 9.67. The first-order chi connectivity index (χ1) is 12.6. The van der Waals surface area contributed by atoms with Gasteiger partial charge in [-0.05, 0) is 32.3 Å². The molecule has 0 aromatic heterocycles. The van der Waals surface area contributed by atoms with E-state index < -0.39 is 0 Å². The Morgan fingerprint density at radius 3 is 2.54 bits per heavy atom. The van der Waals surface area contributed by atoms with E-state index in [1.165, 1.54) is 51.1 Å². The summed E-state index contributed by atoms with van der Waals surface area (Å²) >= 11 is 0. The Balaban J connectivity index is 1.47. The average molecular weight is 363 g/mol. The van der Waals surface area contributed by atoms with Crippen molar-refractivity contribution in [2.24, 2.45) is 0 Å². The topological polar surface area (TPSA) is 39.5 Å². The summed E-state index contributed by atoms with van der Waals surface area (Å²) in [7, 11) is 0. The van der Waals surface area contributed by atoms with Gasteiger partial charge in [-0.2, -0.15) is 0 Å². The first-order valence-corrected chi connectivity index (χ1v) is 10.5. The average Bonchev–Trinajstić information content (AvgIpc) is 2.65. The Morgan fingerprint density at radius 1 is 1.04 bits per heavy atom. The van der Waals surface area contributed by atoms with E-state index in [0.29, 0.717) is 0 Å². The standard InChI is InChI=1S/C22H36N2O2/c1-21(2)19-22(10-16-26-21,20-7-4-3-5-8-20)9-12-23-11-6-13-24-14-17-25-18-15-24/h3-5,7-8,23H,6,9-19H2,1-2H3/p+2/t22-/m1/s1. The number of hydrogen-bond donors (Lipinski definition) is 2. The molecule has 26 heavy (non-hydrogen) atoms. The molecule has 0 unspecified atom stereocenters. The maximum absolute atomic E-state index is 6.03. The van der Waals surface area contributed by atoms with Gasteiger partial charge in [-0.1, -0.05) is 30.3 Å². The molecule has 0 bridgehead atoms. The van der Waals surface area contributed by atoms with Crippen molar-refractivity contribution in [2.45, 2.75) is 50.5 Å². The number of rotatable bonds is 8. The number of nitrogens with one attached hydrogen (secondary N) is 1. The fourth-order valence-corrected chi connectivity index (χ4v) is 4.80. The van der Waals surface area contributed by atoms with E-state index in [1.54, 1.807) is 4.90 Å². The van der Waals surface area contributed by atoms with Crippen LogP contribution in [-0.2, 0) is 14.9 Å². The Morgan fingerprint density at radius 2 is 1.81 bits per heavy atom. The Kier molecular flexibility index (Phi) is 7.10. The van der Waals surface area contributed by atoms with Crippen LogP contribution in [0.3, 0.4) is 0 Å². The normalized spacial score (nSPS) is 26.7. The highest BCUT2D eigenvalue weighted by molar-refractivity contribution is 5.26. The van der Waals surface area contributed by atoms with Crippen LogP contribution < -0.4 is 10.2 Å². The van der Waals surface area contributed by atoms with Crippen molar-refractivity contribution in [1.29, 1.82) is 0 Å². The Labute approximate surface area is 159 Å². The minimum atomic E-state index is -0.0201. The van der Waals surface area contributed by atoms with Gasteiger partial charge in [0.05, 0.1) is 38.4 Å². The number of benzene rings is 1. The highest BCUT2D eigenvalue weighted by Crippen LogP contribution is 2.43. The number of morpholine rings is 1. The predicted molar refractivity (Wildman–Crippen MR) is 105 cm³/mol. The fraction of sp³-hybridized carbons (Fsp3) is 0.727. The smallest absolute Gasteiger partial charge is 0.101 e. The monoisotopic (exact) mass is 362 g/mol. The third-order valence-corrected chi connectivity index (χ3v) is 6.19. The highest BCUT2D eigenvalue weighted by Gasteiger charge is 2.42. The lowest BCUT2D eigenvalue weighted by Crippen LogP contribution is -3.14. The van der Waals surface area contributed by atoms with Crippen LogP contribution in [0.2, 0.25) is 0 Å². The molecule has 2 aliphatic heterocycles. The summed E-state index contributed by atoms with van der Waals surface area (Å²) in [6.45, 7) is 13.4. The van der Waals surface area contributed by atoms with Crippen molar-refractivity contribution in [3.8, 4) is 0 Å². The molecule has 0 radical (unpaired) electrons. The SMILES string of the molecule is CC1(C)C[C@](CC[NH2+]CCC[NH+]2CCOCC2)(c2ccccc2)CCO1. The minimum Gasteiger partial charge on any atom is -0.376 e. The first kappa shape index (κ1) is 19.8. The zero-order chi connectivity index (χ0) is 18.3. The van der Waals surface area contributed by atoms with E-state index in [4.69, 9.17) is 9.47 Å². The molecule has 2 fully saturated rings. The van der Waals surface area contributed by atoms with Crippen LogP contribution in [0.4, 0.5) is 0 Å². The van der Waals surface area contributed by atoms with Crippen molar-refractivity contribution in [3.05, 3.63) is 35.9 Å². The van der Waals surface area contributed by atoms with Gasteiger partial charge in [0.1, 0.15) is 13.1 Å². The molecule has 0 spiro atoms. The van der Waals surface area contributed by atoms with Gasteiger partial charge in [-0.25, -0.2) is 0 Å². The second-order valence-electron chi connectivity index (χ2n) is 8.76. The van der Waals surface area contributed by atoms with Crippen molar-refractivity contribution in [2.75, 3.05) is 52.5 Å². The van der Waals surface area contributed by atoms with Crippen LogP contribution in [0.15, 0.2) is 30.3 Å². The molecule has 1 atom stereocenters. The first-order valence-electron chi connectivity index (χ1n) is 10.5. The third-order valence-electron chi connectivity index (χ3n) is 6.19. The van der Waals surface area contributed by atoms with Crippen LogP contribution in [0.1, 0.15) is 45.1 Å². The molecule has 0 saturated carbocycles. The minimum absolute atomic E-state index is 0.0201. The fourth-order valence-electron chi connectivity index (χ4n) is 4.80. The molecule has 1 aromatic rings. The van der Waals surface area contributed by atoms with Gasteiger partial charge in [0.2, 0.25) is 0 Å². The molecule has 2 heterocycles. The van der Waals surface area contributed by atoms with Gasteiger partial charge in [-0.3, -0.25) is 0 Å². The van der Waals surface area contributed by atoms with E-state index in [9.17, 15) is 0 Å². The van der Waals surface area contributed by atoms with Crippen LogP contribution in [0, 0.1) is 0 Å². The van der Waals surface area contributed by atoms with Crippen LogP contribution in [0.25, 0.3) is 0 Å². The molecular formula is C22H38N2O2+2. The van der Waals surface area contributed by atoms with Gasteiger partial charge in [0.25, 0.3) is 0 Å². The summed E-state index contributed by atoms with van der Waals surface area (Å²) in [4.78, 5) is 1.72. The molecule has 146 valence electrons. The van der Waals surface area contributed by atoms with Gasteiger partial charge in [0.15, 0.2) is 0 Å². The molecule has 2 aliphatic rings. The molecule has 4 nitrogen and oxygen atoms in total. The molecule has 2 saturated heterocycles. The van der Waals surface area contributed by atoms with Crippen LogP contribution in [0.5, 0.6) is 0 Å². The third kappa shape index (κ3) is 5.53. The zero-order valence-electron chi connectivity index (χ0n) is 16.8. The van der Waals surface area contributed by atoms with E-state index >= 15 is 0 Å². The van der Waals surface area contributed by atoms with Crippen molar-refractivity contribution in [3.63, 3.8) is 0 Å². The van der Waals surface area contributed by atoms with Gasteiger partial charge < -0.3 is 19.7 Å². The summed E-state index contributed by atoms with van der Waals surface area (Å²) in [6.07, 6.45) is 4.82. The van der Waals surface area contributed by atoms with E-state index in [2.05, 4.69) is 49.5 Å². The van der Waals surface area contributed by atoms with E-state index in [-0.39, 0.29) is 11.0 Å². The van der Waals surface area contributed by atoms with Gasteiger partial charge >= 0.3 is 0 Å². The lowest BCUT2D eigenvalue weighted by Gasteiger charge is -2.45. The largest absolute Gasteiger partial charge is 0.376 e. The maximum Gasteiger partial charge on any atom is 0.101 e. The highest BCUT2D eigenvalue weighted by atomic mass is 16.5. The maximum atomic E-state index is 6.03. The van der Waals surface area contributed by atoms with Crippen LogP contribution >= 0.6 is 0 Å². The molecule has 3 N–H and O–H groups in total. The molecular weight excluding hydrogens is 324 g/mol. The Bertz CT molecular complexity index is 528. The van der Waals surface area contributed by atoms with Crippen molar-refractivity contribution in [1.82, 2.24) is 0 Å².